The van der Waals surface area contributed by atoms with Gasteiger partial charge < -0.3 is 5.11 Å². The summed E-state index contributed by atoms with van der Waals surface area (Å²) in [6.07, 6.45) is 6.06. The van der Waals surface area contributed by atoms with Gasteiger partial charge in [0, 0.05) is 19.0 Å². The molecule has 21 heavy (non-hydrogen) atoms. The highest BCUT2D eigenvalue weighted by Crippen LogP contribution is 2.22. The van der Waals surface area contributed by atoms with Crippen molar-refractivity contribution in [3.05, 3.63) is 12.2 Å². The molecule has 1 fully saturated rings. The van der Waals surface area contributed by atoms with Crippen LogP contribution in [0.2, 0.25) is 0 Å². The number of aromatic nitrogens is 3. The zero-order chi connectivity index (χ0) is 15.2. The lowest BCUT2D eigenvalue weighted by atomic mass is 9.98. The van der Waals surface area contributed by atoms with Gasteiger partial charge in [0.1, 0.15) is 12.2 Å². The quantitative estimate of drug-likeness (QED) is 0.834. The number of carbonyl (C=O) groups is 1. The van der Waals surface area contributed by atoms with Crippen molar-refractivity contribution in [2.24, 2.45) is 5.92 Å². The highest BCUT2D eigenvalue weighted by atomic mass is 16.4. The number of piperidine rings is 1. The smallest absolute Gasteiger partial charge is 0.303 e. The van der Waals surface area contributed by atoms with E-state index in [1.54, 1.807) is 6.33 Å². The monoisotopic (exact) mass is 294 g/mol. The van der Waals surface area contributed by atoms with Crippen LogP contribution in [0.25, 0.3) is 0 Å². The summed E-state index contributed by atoms with van der Waals surface area (Å²) in [5.41, 5.74) is 0. The molecule has 0 bridgehead atoms. The average molecular weight is 294 g/mol. The Balaban J connectivity index is 1.98. The van der Waals surface area contributed by atoms with Crippen LogP contribution in [0.1, 0.15) is 51.8 Å². The number of nitrogens with zero attached hydrogens (tertiary/aromatic N) is 4. The minimum absolute atomic E-state index is 0.250. The first-order chi connectivity index (χ1) is 10.1. The summed E-state index contributed by atoms with van der Waals surface area (Å²) in [5.74, 6) is 0.823. The Morgan fingerprint density at radius 1 is 1.48 bits per heavy atom. The topological polar surface area (TPSA) is 71.2 Å². The third-order valence-electron chi connectivity index (χ3n) is 4.02. The molecule has 0 saturated carbocycles. The van der Waals surface area contributed by atoms with Crippen LogP contribution < -0.4 is 0 Å². The largest absolute Gasteiger partial charge is 0.481 e. The van der Waals surface area contributed by atoms with E-state index >= 15 is 0 Å². The fourth-order valence-electron chi connectivity index (χ4n) is 2.98. The van der Waals surface area contributed by atoms with Gasteiger partial charge in [0.2, 0.25) is 0 Å². The maximum Gasteiger partial charge on any atom is 0.303 e. The van der Waals surface area contributed by atoms with Gasteiger partial charge in [0.15, 0.2) is 0 Å². The Kier molecular flexibility index (Phi) is 5.73. The van der Waals surface area contributed by atoms with Gasteiger partial charge in [-0.15, -0.1) is 0 Å². The van der Waals surface area contributed by atoms with Crippen LogP contribution in [0, 0.1) is 5.92 Å². The van der Waals surface area contributed by atoms with Crippen LogP contribution in [0.15, 0.2) is 6.33 Å². The van der Waals surface area contributed by atoms with Crippen molar-refractivity contribution in [1.29, 1.82) is 0 Å². The first-order valence-corrected chi connectivity index (χ1v) is 7.88. The zero-order valence-electron chi connectivity index (χ0n) is 13.0. The lowest BCUT2D eigenvalue weighted by molar-refractivity contribution is -0.137. The molecule has 0 aromatic carbocycles. The van der Waals surface area contributed by atoms with E-state index in [1.807, 2.05) is 4.68 Å². The first kappa shape index (κ1) is 15.9. The Labute approximate surface area is 126 Å². The summed E-state index contributed by atoms with van der Waals surface area (Å²) in [5, 5.41) is 13.2. The third-order valence-corrected chi connectivity index (χ3v) is 4.02. The number of likely N-dealkylation sites (tertiary alicyclic amines) is 1. The Morgan fingerprint density at radius 2 is 2.29 bits per heavy atom. The van der Waals surface area contributed by atoms with Crippen molar-refractivity contribution in [2.45, 2.75) is 65.1 Å². The molecule has 1 aliphatic heterocycles. The summed E-state index contributed by atoms with van der Waals surface area (Å²) < 4.78 is 1.98. The number of aliphatic carboxylic acids is 1. The van der Waals surface area contributed by atoms with Crippen LogP contribution in [0.4, 0.5) is 0 Å². The molecule has 1 aromatic rings. The van der Waals surface area contributed by atoms with Crippen molar-refractivity contribution < 1.29 is 9.90 Å². The summed E-state index contributed by atoms with van der Waals surface area (Å²) >= 11 is 0. The molecule has 6 heteroatoms. The van der Waals surface area contributed by atoms with Gasteiger partial charge >= 0.3 is 5.97 Å². The molecule has 1 unspecified atom stereocenters. The van der Waals surface area contributed by atoms with Crippen LogP contribution in [-0.4, -0.2) is 43.3 Å². The third kappa shape index (κ3) is 4.81. The van der Waals surface area contributed by atoms with Crippen LogP contribution in [-0.2, 0) is 17.9 Å². The van der Waals surface area contributed by atoms with E-state index < -0.39 is 5.97 Å². The molecular formula is C15H26N4O2. The van der Waals surface area contributed by atoms with Crippen molar-refractivity contribution in [2.75, 3.05) is 6.54 Å². The van der Waals surface area contributed by atoms with Crippen molar-refractivity contribution in [3.8, 4) is 0 Å². The summed E-state index contributed by atoms with van der Waals surface area (Å²) in [6, 6.07) is 0.360. The molecule has 2 heterocycles. The van der Waals surface area contributed by atoms with E-state index in [1.165, 1.54) is 12.8 Å². The summed E-state index contributed by atoms with van der Waals surface area (Å²) in [6.45, 7) is 7.02. The summed E-state index contributed by atoms with van der Waals surface area (Å²) in [7, 11) is 0. The molecule has 0 amide bonds. The predicted octanol–water partition coefficient (Wildman–Crippen LogP) is 2.15. The van der Waals surface area contributed by atoms with Gasteiger partial charge in [0.25, 0.3) is 0 Å². The Bertz CT molecular complexity index is 458. The molecule has 6 nitrogen and oxygen atoms in total. The predicted molar refractivity (Wildman–Crippen MR) is 79.8 cm³/mol. The molecule has 0 aliphatic carbocycles. The lowest BCUT2D eigenvalue weighted by Gasteiger charge is -2.35. The summed E-state index contributed by atoms with van der Waals surface area (Å²) in [4.78, 5) is 17.6. The minimum atomic E-state index is -0.705. The normalized spacial score (nSPS) is 20.0. The second-order valence-corrected chi connectivity index (χ2v) is 6.30. The molecule has 118 valence electrons. The molecular weight excluding hydrogens is 268 g/mol. The van der Waals surface area contributed by atoms with E-state index in [4.69, 9.17) is 5.11 Å². The van der Waals surface area contributed by atoms with E-state index in [0.29, 0.717) is 12.0 Å². The highest BCUT2D eigenvalue weighted by molar-refractivity contribution is 5.66. The van der Waals surface area contributed by atoms with Crippen molar-refractivity contribution in [3.63, 3.8) is 0 Å². The highest BCUT2D eigenvalue weighted by Gasteiger charge is 2.24. The lowest BCUT2D eigenvalue weighted by Crippen LogP contribution is -2.40. The van der Waals surface area contributed by atoms with Crippen LogP contribution in [0.5, 0.6) is 0 Å². The molecule has 1 N–H and O–H groups in total. The molecule has 0 radical (unpaired) electrons. The molecule has 0 spiro atoms. The fraction of sp³-hybridized carbons (Fsp3) is 0.800. The van der Waals surface area contributed by atoms with E-state index in [-0.39, 0.29) is 6.42 Å². The maximum atomic E-state index is 10.8. The molecule has 1 aliphatic rings. The van der Waals surface area contributed by atoms with E-state index in [9.17, 15) is 4.79 Å². The number of carboxylic acid groups (broad SMARTS) is 1. The number of rotatable bonds is 7. The van der Waals surface area contributed by atoms with E-state index in [0.717, 1.165) is 38.3 Å². The molecule has 1 atom stereocenters. The minimum Gasteiger partial charge on any atom is -0.481 e. The molecule has 1 aromatic heterocycles. The van der Waals surface area contributed by atoms with Crippen LogP contribution >= 0.6 is 0 Å². The Morgan fingerprint density at radius 3 is 3.00 bits per heavy atom. The average Bonchev–Trinajstić information content (AvgIpc) is 2.84. The molecule has 1 saturated heterocycles. The second-order valence-electron chi connectivity index (χ2n) is 6.30. The SMILES string of the molecule is CC(C)Cn1ncnc1CN1CCCCC1CCC(=O)O. The van der Waals surface area contributed by atoms with E-state index in [2.05, 4.69) is 28.8 Å². The van der Waals surface area contributed by atoms with Gasteiger partial charge in [0.05, 0.1) is 6.54 Å². The number of hydrogen-bond donors (Lipinski definition) is 1. The molecule has 2 rings (SSSR count). The maximum absolute atomic E-state index is 10.8. The van der Waals surface area contributed by atoms with Crippen molar-refractivity contribution >= 4 is 5.97 Å². The van der Waals surface area contributed by atoms with Gasteiger partial charge in [-0.3, -0.25) is 9.69 Å². The fourth-order valence-corrected chi connectivity index (χ4v) is 2.98. The van der Waals surface area contributed by atoms with Gasteiger partial charge in [-0.2, -0.15) is 5.10 Å². The standard InChI is InChI=1S/C15H26N4O2/c1-12(2)9-19-14(16-11-17-19)10-18-8-4-3-5-13(18)6-7-15(20)21/h11-13H,3-10H2,1-2H3,(H,20,21). The van der Waals surface area contributed by atoms with Gasteiger partial charge in [-0.1, -0.05) is 20.3 Å². The number of hydrogen-bond acceptors (Lipinski definition) is 4. The van der Waals surface area contributed by atoms with Crippen molar-refractivity contribution in [1.82, 2.24) is 19.7 Å². The van der Waals surface area contributed by atoms with Gasteiger partial charge in [-0.25, -0.2) is 9.67 Å². The zero-order valence-corrected chi connectivity index (χ0v) is 13.0. The first-order valence-electron chi connectivity index (χ1n) is 7.88. The van der Waals surface area contributed by atoms with Crippen LogP contribution in [0.3, 0.4) is 0 Å². The van der Waals surface area contributed by atoms with Gasteiger partial charge in [-0.05, 0) is 31.7 Å². The Hall–Kier alpha value is -1.43. The number of carboxylic acids is 1. The second kappa shape index (κ2) is 7.54.